The number of hydrogen-bond acceptors (Lipinski definition) is 1. The van der Waals surface area contributed by atoms with E-state index in [0.717, 1.165) is 33.4 Å². The molecule has 0 saturated carbocycles. The van der Waals surface area contributed by atoms with E-state index >= 15 is 0 Å². The van der Waals surface area contributed by atoms with Crippen LogP contribution >= 0.6 is 0 Å². The average molecular weight is 401 g/mol. The molecule has 0 amide bonds. The number of carbonyl (C=O) groups is 1. The second kappa shape index (κ2) is 9.69. The zero-order valence-electron chi connectivity index (χ0n) is 17.4. The maximum atomic E-state index is 13.8. The summed E-state index contributed by atoms with van der Waals surface area (Å²) in [6, 6.07) is 39.9. The van der Waals surface area contributed by atoms with Crippen LogP contribution in [-0.2, 0) is 11.2 Å². The number of ketones is 1. The lowest BCUT2D eigenvalue weighted by Crippen LogP contribution is -2.09. The molecule has 1 nitrogen and oxygen atoms in total. The maximum absolute atomic E-state index is 13.8. The van der Waals surface area contributed by atoms with Crippen molar-refractivity contribution in [2.24, 2.45) is 0 Å². The highest BCUT2D eigenvalue weighted by Crippen LogP contribution is 2.37. The van der Waals surface area contributed by atoms with Crippen molar-refractivity contribution in [3.8, 4) is 0 Å². The Labute approximate surface area is 184 Å². The zero-order chi connectivity index (χ0) is 21.5. The average Bonchev–Trinajstić information content (AvgIpc) is 2.84. The lowest BCUT2D eigenvalue weighted by atomic mass is 9.84. The fraction of sp³-hybridized carbons (Fsp3) is 0.0333. The summed E-state index contributed by atoms with van der Waals surface area (Å²) in [6.07, 6.45) is 0.337. The van der Waals surface area contributed by atoms with Crippen molar-refractivity contribution in [1.82, 2.24) is 0 Å². The quantitative estimate of drug-likeness (QED) is 0.183. The van der Waals surface area contributed by atoms with Crippen LogP contribution in [-0.4, -0.2) is 5.78 Å². The lowest BCUT2D eigenvalue weighted by Gasteiger charge is -2.19. The third-order valence-corrected chi connectivity index (χ3v) is 5.29. The van der Waals surface area contributed by atoms with Gasteiger partial charge in [0, 0.05) is 17.6 Å². The van der Waals surface area contributed by atoms with Gasteiger partial charge in [-0.05, 0) is 27.8 Å². The molecule has 0 bridgehead atoms. The minimum absolute atomic E-state index is 0.0772. The van der Waals surface area contributed by atoms with Gasteiger partial charge in [0.15, 0.2) is 5.78 Å². The Kier molecular flexibility index (Phi) is 6.35. The second-order valence-corrected chi connectivity index (χ2v) is 7.41. The SMILES string of the molecule is C=C(/C(=C(\C(=O)Cc1ccccc1)c1ccccc1)c1ccccc1)c1ccccc1. The van der Waals surface area contributed by atoms with Crippen molar-refractivity contribution < 1.29 is 4.79 Å². The van der Waals surface area contributed by atoms with Crippen molar-refractivity contribution in [2.75, 3.05) is 0 Å². The zero-order valence-corrected chi connectivity index (χ0v) is 17.4. The molecule has 0 heterocycles. The first-order valence-corrected chi connectivity index (χ1v) is 10.4. The topological polar surface area (TPSA) is 17.1 Å². The number of carbonyl (C=O) groups excluding carboxylic acids is 1. The van der Waals surface area contributed by atoms with Crippen LogP contribution in [0.3, 0.4) is 0 Å². The molecule has 0 atom stereocenters. The summed E-state index contributed by atoms with van der Waals surface area (Å²) in [5.41, 5.74) is 6.30. The van der Waals surface area contributed by atoms with Gasteiger partial charge in [-0.25, -0.2) is 0 Å². The first-order valence-electron chi connectivity index (χ1n) is 10.4. The molecule has 0 fully saturated rings. The highest BCUT2D eigenvalue weighted by atomic mass is 16.1. The van der Waals surface area contributed by atoms with Gasteiger partial charge in [-0.2, -0.15) is 0 Å². The smallest absolute Gasteiger partial charge is 0.168 e. The Morgan fingerprint density at radius 3 is 1.39 bits per heavy atom. The standard InChI is InChI=1S/C30H24O/c1-23(25-16-8-3-9-17-25)29(26-18-10-4-11-19-26)30(27-20-12-5-13-21-27)28(31)22-24-14-6-2-7-15-24/h2-21H,1,22H2/b30-29+. The summed E-state index contributed by atoms with van der Waals surface area (Å²) in [5, 5.41) is 0. The Balaban J connectivity index is 1.94. The predicted molar refractivity (Wildman–Crippen MR) is 130 cm³/mol. The number of benzene rings is 4. The summed E-state index contributed by atoms with van der Waals surface area (Å²) in [5.74, 6) is 0.0772. The normalized spacial score (nSPS) is 11.5. The van der Waals surface area contributed by atoms with Gasteiger partial charge in [-0.1, -0.05) is 128 Å². The summed E-state index contributed by atoms with van der Waals surface area (Å²) >= 11 is 0. The molecular formula is C30H24O. The van der Waals surface area contributed by atoms with Crippen molar-refractivity contribution in [3.63, 3.8) is 0 Å². The minimum Gasteiger partial charge on any atom is -0.294 e. The molecule has 0 aliphatic heterocycles. The van der Waals surface area contributed by atoms with Crippen molar-refractivity contribution in [3.05, 3.63) is 150 Å². The molecule has 31 heavy (non-hydrogen) atoms. The van der Waals surface area contributed by atoms with E-state index in [2.05, 4.69) is 6.58 Å². The van der Waals surface area contributed by atoms with Crippen molar-refractivity contribution >= 4 is 22.5 Å². The van der Waals surface area contributed by atoms with E-state index in [-0.39, 0.29) is 5.78 Å². The summed E-state index contributed by atoms with van der Waals surface area (Å²) in [6.45, 7) is 4.43. The largest absolute Gasteiger partial charge is 0.294 e. The van der Waals surface area contributed by atoms with Crippen LogP contribution in [0, 0.1) is 0 Å². The highest BCUT2D eigenvalue weighted by Gasteiger charge is 2.21. The molecule has 0 unspecified atom stereocenters. The summed E-state index contributed by atoms with van der Waals surface area (Å²) in [4.78, 5) is 13.8. The van der Waals surface area contributed by atoms with Gasteiger partial charge in [0.2, 0.25) is 0 Å². The van der Waals surface area contributed by atoms with Gasteiger partial charge in [0.25, 0.3) is 0 Å². The minimum atomic E-state index is 0.0772. The van der Waals surface area contributed by atoms with Gasteiger partial charge in [0.05, 0.1) is 0 Å². The number of rotatable bonds is 7. The summed E-state index contributed by atoms with van der Waals surface area (Å²) < 4.78 is 0. The molecule has 4 aromatic rings. The van der Waals surface area contributed by atoms with Crippen LogP contribution in [0.15, 0.2) is 128 Å². The lowest BCUT2D eigenvalue weighted by molar-refractivity contribution is -0.113. The maximum Gasteiger partial charge on any atom is 0.168 e. The second-order valence-electron chi connectivity index (χ2n) is 7.41. The Morgan fingerprint density at radius 1 is 0.516 bits per heavy atom. The molecule has 4 aromatic carbocycles. The number of hydrogen-bond donors (Lipinski definition) is 0. The molecule has 0 saturated heterocycles. The van der Waals surface area contributed by atoms with E-state index in [4.69, 9.17) is 0 Å². The number of Topliss-reactive ketones (excluding diaryl/α,β-unsaturated/α-hetero) is 1. The van der Waals surface area contributed by atoms with Crippen LogP contribution in [0.5, 0.6) is 0 Å². The van der Waals surface area contributed by atoms with E-state index in [0.29, 0.717) is 12.0 Å². The fourth-order valence-electron chi connectivity index (χ4n) is 3.78. The molecule has 0 spiro atoms. The van der Waals surface area contributed by atoms with Crippen molar-refractivity contribution in [1.29, 1.82) is 0 Å². The van der Waals surface area contributed by atoms with Crippen molar-refractivity contribution in [2.45, 2.75) is 6.42 Å². The molecule has 1 heteroatoms. The van der Waals surface area contributed by atoms with Gasteiger partial charge < -0.3 is 0 Å². The Morgan fingerprint density at radius 2 is 0.903 bits per heavy atom. The molecule has 150 valence electrons. The molecular weight excluding hydrogens is 376 g/mol. The Hall–Kier alpha value is -3.97. The van der Waals surface area contributed by atoms with Crippen LogP contribution < -0.4 is 0 Å². The monoisotopic (exact) mass is 400 g/mol. The summed E-state index contributed by atoms with van der Waals surface area (Å²) in [7, 11) is 0. The predicted octanol–water partition coefficient (Wildman–Crippen LogP) is 7.12. The molecule has 4 rings (SSSR count). The molecule has 0 radical (unpaired) electrons. The highest BCUT2D eigenvalue weighted by molar-refractivity contribution is 6.34. The van der Waals surface area contributed by atoms with Crippen LogP contribution in [0.4, 0.5) is 0 Å². The fourth-order valence-corrected chi connectivity index (χ4v) is 3.78. The van der Waals surface area contributed by atoms with Crippen LogP contribution in [0.2, 0.25) is 0 Å². The number of allylic oxidation sites excluding steroid dienone is 3. The van der Waals surface area contributed by atoms with Gasteiger partial charge in [-0.15, -0.1) is 0 Å². The third-order valence-electron chi connectivity index (χ3n) is 5.29. The van der Waals surface area contributed by atoms with Gasteiger partial charge in [-0.3, -0.25) is 4.79 Å². The molecule has 0 aliphatic carbocycles. The first-order chi connectivity index (χ1) is 15.2. The van der Waals surface area contributed by atoms with E-state index in [1.807, 2.05) is 121 Å². The first kappa shape index (κ1) is 20.3. The molecule has 0 N–H and O–H groups in total. The van der Waals surface area contributed by atoms with Gasteiger partial charge in [0.1, 0.15) is 0 Å². The van der Waals surface area contributed by atoms with E-state index < -0.39 is 0 Å². The van der Waals surface area contributed by atoms with Crippen LogP contribution in [0.25, 0.3) is 16.7 Å². The molecule has 0 aromatic heterocycles. The third kappa shape index (κ3) is 4.79. The van der Waals surface area contributed by atoms with Crippen LogP contribution in [0.1, 0.15) is 22.3 Å². The van der Waals surface area contributed by atoms with E-state index in [1.54, 1.807) is 0 Å². The molecule has 0 aliphatic rings. The van der Waals surface area contributed by atoms with Gasteiger partial charge >= 0.3 is 0 Å². The Bertz CT molecular complexity index is 1190. The van der Waals surface area contributed by atoms with E-state index in [9.17, 15) is 4.79 Å². The van der Waals surface area contributed by atoms with E-state index in [1.165, 1.54) is 0 Å².